The highest BCUT2D eigenvalue weighted by Crippen LogP contribution is 2.28. The van der Waals surface area contributed by atoms with Gasteiger partial charge in [-0.25, -0.2) is 9.18 Å². The highest BCUT2D eigenvalue weighted by molar-refractivity contribution is 7.13. The Morgan fingerprint density at radius 1 is 1.18 bits per heavy atom. The molecule has 1 N–H and O–H groups in total. The largest absolute Gasteiger partial charge is 0.442 e. The number of cyclic esters (lactones) is 1. The Morgan fingerprint density at radius 3 is 2.58 bits per heavy atom. The number of carbonyl (C=O) groups excluding carboxylic acids is 4. The first kappa shape index (κ1) is 22.7. The van der Waals surface area contributed by atoms with E-state index < -0.39 is 29.7 Å². The second-order valence-corrected chi connectivity index (χ2v) is 8.72. The van der Waals surface area contributed by atoms with Gasteiger partial charge in [0.05, 0.1) is 29.3 Å². The normalized spacial score (nSPS) is 18.3. The maximum absolute atomic E-state index is 14.9. The summed E-state index contributed by atoms with van der Waals surface area (Å²) in [6, 6.07) is 7.84. The van der Waals surface area contributed by atoms with Gasteiger partial charge < -0.3 is 19.9 Å². The van der Waals surface area contributed by atoms with Crippen LogP contribution in [-0.4, -0.2) is 74.0 Å². The van der Waals surface area contributed by atoms with Crippen molar-refractivity contribution in [2.45, 2.75) is 13.0 Å². The van der Waals surface area contributed by atoms with E-state index in [1.165, 1.54) is 34.1 Å². The summed E-state index contributed by atoms with van der Waals surface area (Å²) in [6.07, 6.45) is -1.10. The fourth-order valence-corrected chi connectivity index (χ4v) is 4.48. The van der Waals surface area contributed by atoms with Crippen molar-refractivity contribution in [2.24, 2.45) is 0 Å². The second kappa shape index (κ2) is 9.57. The number of hydrogen-bond acceptors (Lipinski definition) is 7. The van der Waals surface area contributed by atoms with Gasteiger partial charge in [0.25, 0.3) is 11.7 Å². The third-order valence-electron chi connectivity index (χ3n) is 5.54. The van der Waals surface area contributed by atoms with Gasteiger partial charge in [0, 0.05) is 33.1 Å². The zero-order valence-corrected chi connectivity index (χ0v) is 18.8. The Bertz CT molecular complexity index is 1070. The lowest BCUT2D eigenvalue weighted by molar-refractivity contribution is -0.126. The highest BCUT2D eigenvalue weighted by atomic mass is 32.1. The quantitative estimate of drug-likeness (QED) is 0.507. The van der Waals surface area contributed by atoms with Crippen LogP contribution in [0.15, 0.2) is 35.7 Å². The van der Waals surface area contributed by atoms with Gasteiger partial charge >= 0.3 is 6.09 Å². The molecule has 2 saturated heterocycles. The summed E-state index contributed by atoms with van der Waals surface area (Å²) >= 11 is 1.23. The minimum atomic E-state index is -0.597. The number of halogens is 1. The van der Waals surface area contributed by atoms with Crippen LogP contribution in [0.2, 0.25) is 0 Å². The first-order chi connectivity index (χ1) is 15.8. The SMILES string of the molecule is CC(=O)NCC1CN(c2ccc(N3CCN(C(=O)C(=O)c4cccs4)CC3)c(F)c2)C(=O)O1. The van der Waals surface area contributed by atoms with Gasteiger partial charge in [-0.05, 0) is 29.6 Å². The molecule has 2 aromatic rings. The maximum Gasteiger partial charge on any atom is 0.414 e. The first-order valence-corrected chi connectivity index (χ1v) is 11.4. The van der Waals surface area contributed by atoms with Crippen LogP contribution in [0.5, 0.6) is 0 Å². The molecule has 2 aliphatic heterocycles. The van der Waals surface area contributed by atoms with Crippen molar-refractivity contribution in [3.05, 3.63) is 46.4 Å². The fourth-order valence-electron chi connectivity index (χ4n) is 3.82. The Kier molecular flexibility index (Phi) is 6.59. The molecule has 0 radical (unpaired) electrons. The van der Waals surface area contributed by atoms with E-state index in [4.69, 9.17) is 4.74 Å². The number of hydrogen-bond donors (Lipinski definition) is 1. The number of ketones is 1. The molecule has 3 heterocycles. The predicted octanol–water partition coefficient (Wildman–Crippen LogP) is 1.88. The van der Waals surface area contributed by atoms with Crippen LogP contribution in [0.4, 0.5) is 20.6 Å². The second-order valence-electron chi connectivity index (χ2n) is 7.77. The van der Waals surface area contributed by atoms with Crippen molar-refractivity contribution in [1.29, 1.82) is 0 Å². The zero-order chi connectivity index (χ0) is 23.5. The fraction of sp³-hybridized carbons (Fsp3) is 0.364. The lowest BCUT2D eigenvalue weighted by Crippen LogP contribution is -2.50. The predicted molar refractivity (Wildman–Crippen MR) is 120 cm³/mol. The zero-order valence-electron chi connectivity index (χ0n) is 18.0. The number of benzene rings is 1. The summed E-state index contributed by atoms with van der Waals surface area (Å²) in [5.41, 5.74) is 0.722. The number of ether oxygens (including phenoxy) is 1. The molecule has 1 atom stereocenters. The molecule has 33 heavy (non-hydrogen) atoms. The van der Waals surface area contributed by atoms with Gasteiger partial charge in [-0.3, -0.25) is 19.3 Å². The molecule has 0 spiro atoms. The summed E-state index contributed by atoms with van der Waals surface area (Å²) < 4.78 is 20.1. The Labute approximate surface area is 193 Å². The van der Waals surface area contributed by atoms with Gasteiger partial charge in [-0.1, -0.05) is 6.07 Å². The van der Waals surface area contributed by atoms with E-state index in [2.05, 4.69) is 5.32 Å². The molecule has 1 unspecified atom stereocenters. The molecule has 174 valence electrons. The number of piperazine rings is 1. The Hall–Kier alpha value is -3.47. The molecule has 2 fully saturated rings. The molecule has 1 aromatic heterocycles. The molecular weight excluding hydrogens is 451 g/mol. The number of carbonyl (C=O) groups is 4. The molecule has 1 aromatic carbocycles. The maximum atomic E-state index is 14.9. The van der Waals surface area contributed by atoms with E-state index in [1.807, 2.05) is 0 Å². The summed E-state index contributed by atoms with van der Waals surface area (Å²) in [7, 11) is 0. The monoisotopic (exact) mass is 474 g/mol. The van der Waals surface area contributed by atoms with Crippen molar-refractivity contribution >= 4 is 46.4 Å². The average molecular weight is 475 g/mol. The number of thiophene rings is 1. The van der Waals surface area contributed by atoms with Crippen molar-refractivity contribution in [2.75, 3.05) is 49.1 Å². The number of anilines is 2. The van der Waals surface area contributed by atoms with Gasteiger partial charge in [-0.15, -0.1) is 11.3 Å². The third-order valence-corrected chi connectivity index (χ3v) is 6.41. The third kappa shape index (κ3) is 4.98. The molecule has 11 heteroatoms. The Balaban J connectivity index is 1.36. The van der Waals surface area contributed by atoms with Crippen LogP contribution in [0.3, 0.4) is 0 Å². The topological polar surface area (TPSA) is 99.3 Å². The van der Waals surface area contributed by atoms with Gasteiger partial charge in [0.15, 0.2) is 0 Å². The number of amides is 3. The molecular formula is C22H23FN4O5S. The van der Waals surface area contributed by atoms with Crippen LogP contribution < -0.4 is 15.1 Å². The van der Waals surface area contributed by atoms with E-state index in [1.54, 1.807) is 34.5 Å². The highest BCUT2D eigenvalue weighted by Gasteiger charge is 2.33. The smallest absolute Gasteiger partial charge is 0.414 e. The molecule has 0 saturated carbocycles. The molecule has 0 bridgehead atoms. The van der Waals surface area contributed by atoms with Crippen molar-refractivity contribution in [1.82, 2.24) is 10.2 Å². The average Bonchev–Trinajstić information content (AvgIpc) is 3.47. The number of Topliss-reactive ketones (excluding diaryl/α,β-unsaturated/α-hetero) is 1. The van der Waals surface area contributed by atoms with Gasteiger partial charge in [0.2, 0.25) is 5.91 Å². The molecule has 9 nitrogen and oxygen atoms in total. The summed E-state index contributed by atoms with van der Waals surface area (Å²) in [6.45, 7) is 3.14. The van der Waals surface area contributed by atoms with E-state index in [0.29, 0.717) is 42.4 Å². The minimum absolute atomic E-state index is 0.191. The van der Waals surface area contributed by atoms with Crippen LogP contribution in [-0.2, 0) is 14.3 Å². The minimum Gasteiger partial charge on any atom is -0.442 e. The molecule has 3 amide bonds. The lowest BCUT2D eigenvalue weighted by atomic mass is 10.2. The molecule has 4 rings (SSSR count). The number of rotatable bonds is 6. The van der Waals surface area contributed by atoms with Crippen LogP contribution in [0, 0.1) is 5.82 Å². The number of nitrogens with zero attached hydrogens (tertiary/aromatic N) is 3. The van der Waals surface area contributed by atoms with Crippen LogP contribution in [0.1, 0.15) is 16.6 Å². The Morgan fingerprint density at radius 2 is 1.94 bits per heavy atom. The standard InChI is InChI=1S/C22H23FN4O5S/c1-14(28)24-12-16-13-27(22(31)32-16)15-4-5-18(17(23)11-15)25-6-8-26(9-7-25)21(30)20(29)19-3-2-10-33-19/h2-5,10-11,16H,6-9,12-13H2,1H3,(H,24,28). The summed E-state index contributed by atoms with van der Waals surface area (Å²) in [4.78, 5) is 53.0. The van der Waals surface area contributed by atoms with Crippen LogP contribution >= 0.6 is 11.3 Å². The van der Waals surface area contributed by atoms with E-state index >= 15 is 0 Å². The summed E-state index contributed by atoms with van der Waals surface area (Å²) in [5, 5.41) is 4.34. The summed E-state index contributed by atoms with van der Waals surface area (Å²) in [5.74, 6) is -1.80. The molecule has 0 aliphatic carbocycles. The van der Waals surface area contributed by atoms with E-state index in [9.17, 15) is 23.6 Å². The lowest BCUT2D eigenvalue weighted by Gasteiger charge is -2.36. The van der Waals surface area contributed by atoms with Crippen molar-refractivity contribution in [3.8, 4) is 0 Å². The van der Waals surface area contributed by atoms with Crippen LogP contribution in [0.25, 0.3) is 0 Å². The molecule has 2 aliphatic rings. The van der Waals surface area contributed by atoms with E-state index in [-0.39, 0.29) is 19.0 Å². The van der Waals surface area contributed by atoms with E-state index in [0.717, 1.165) is 0 Å². The van der Waals surface area contributed by atoms with Crippen molar-refractivity contribution < 1.29 is 28.3 Å². The first-order valence-electron chi connectivity index (χ1n) is 10.5. The van der Waals surface area contributed by atoms with Gasteiger partial charge in [0.1, 0.15) is 11.9 Å². The van der Waals surface area contributed by atoms with Gasteiger partial charge in [-0.2, -0.15) is 0 Å². The number of nitrogens with one attached hydrogen (secondary N) is 1. The van der Waals surface area contributed by atoms with Crippen molar-refractivity contribution in [3.63, 3.8) is 0 Å².